The molecule has 0 aromatic heterocycles. The molecule has 1 N–H and O–H groups in total. The van der Waals surface area contributed by atoms with Crippen LogP contribution in [0.5, 0.6) is 5.75 Å². The number of rotatable bonds is 3. The first-order valence-electron chi connectivity index (χ1n) is 6.63. The van der Waals surface area contributed by atoms with Gasteiger partial charge in [0.15, 0.2) is 5.17 Å². The second kappa shape index (κ2) is 6.41. The molecule has 3 rings (SSSR count). The number of anilines is 1. The molecule has 5 heteroatoms. The van der Waals surface area contributed by atoms with Gasteiger partial charge < -0.3 is 10.1 Å². The number of benzene rings is 2. The van der Waals surface area contributed by atoms with E-state index in [2.05, 4.69) is 34.6 Å². The van der Waals surface area contributed by atoms with Gasteiger partial charge in [0.2, 0.25) is 0 Å². The van der Waals surface area contributed by atoms with E-state index in [0.717, 1.165) is 23.1 Å². The lowest BCUT2D eigenvalue weighted by atomic mass is 10.1. The van der Waals surface area contributed by atoms with Crippen LogP contribution in [0.1, 0.15) is 10.8 Å². The summed E-state index contributed by atoms with van der Waals surface area (Å²) in [6, 6.07) is 15.9. The molecule has 1 atom stereocenters. The standard InChI is InChI=1S/C16H15ClN2OS/c1-20-12-7-8-13(17)14(9-12)19-16-18-10-15(21-16)11-5-3-2-4-6-11/h2-9,15H,10H2,1H3,(H,18,19). The van der Waals surface area contributed by atoms with Crippen molar-refractivity contribution in [3.05, 3.63) is 59.1 Å². The van der Waals surface area contributed by atoms with Crippen molar-refractivity contribution in [2.75, 3.05) is 19.0 Å². The van der Waals surface area contributed by atoms with Crippen molar-refractivity contribution in [2.24, 2.45) is 4.99 Å². The molecule has 0 saturated heterocycles. The Morgan fingerprint density at radius 1 is 1.24 bits per heavy atom. The van der Waals surface area contributed by atoms with E-state index in [-0.39, 0.29) is 0 Å². The van der Waals surface area contributed by atoms with Crippen molar-refractivity contribution >= 4 is 34.2 Å². The molecule has 1 aliphatic heterocycles. The topological polar surface area (TPSA) is 33.6 Å². The fraction of sp³-hybridized carbons (Fsp3) is 0.188. The first kappa shape index (κ1) is 14.3. The maximum Gasteiger partial charge on any atom is 0.161 e. The normalized spacial score (nSPS) is 17.4. The largest absolute Gasteiger partial charge is 0.497 e. The summed E-state index contributed by atoms with van der Waals surface area (Å²) >= 11 is 7.92. The first-order valence-corrected chi connectivity index (χ1v) is 7.88. The van der Waals surface area contributed by atoms with Crippen LogP contribution in [-0.4, -0.2) is 18.8 Å². The molecular weight excluding hydrogens is 304 g/mol. The molecule has 0 aliphatic carbocycles. The highest BCUT2D eigenvalue weighted by Crippen LogP contribution is 2.36. The van der Waals surface area contributed by atoms with E-state index in [1.807, 2.05) is 24.3 Å². The highest BCUT2D eigenvalue weighted by atomic mass is 35.5. The van der Waals surface area contributed by atoms with Crippen LogP contribution in [0.3, 0.4) is 0 Å². The van der Waals surface area contributed by atoms with Gasteiger partial charge in [-0.25, -0.2) is 0 Å². The van der Waals surface area contributed by atoms with Gasteiger partial charge in [-0.1, -0.05) is 53.7 Å². The second-order valence-electron chi connectivity index (χ2n) is 4.63. The number of aliphatic imine (C=N–C) groups is 1. The first-order chi connectivity index (χ1) is 10.3. The molecule has 1 heterocycles. The van der Waals surface area contributed by atoms with E-state index in [1.54, 1.807) is 18.9 Å². The van der Waals surface area contributed by atoms with Gasteiger partial charge >= 0.3 is 0 Å². The number of methoxy groups -OCH3 is 1. The van der Waals surface area contributed by atoms with Gasteiger partial charge in [-0.05, 0) is 17.7 Å². The van der Waals surface area contributed by atoms with Crippen LogP contribution in [-0.2, 0) is 0 Å². The zero-order valence-corrected chi connectivity index (χ0v) is 13.1. The molecule has 0 spiro atoms. The van der Waals surface area contributed by atoms with Crippen molar-refractivity contribution in [1.82, 2.24) is 0 Å². The highest BCUT2D eigenvalue weighted by molar-refractivity contribution is 8.14. The predicted molar refractivity (Wildman–Crippen MR) is 90.7 cm³/mol. The Hall–Kier alpha value is -1.65. The summed E-state index contributed by atoms with van der Waals surface area (Å²) in [5, 5.41) is 5.19. The van der Waals surface area contributed by atoms with Crippen molar-refractivity contribution in [1.29, 1.82) is 0 Å². The molecule has 1 unspecified atom stereocenters. The zero-order chi connectivity index (χ0) is 14.7. The minimum atomic E-state index is 0.359. The summed E-state index contributed by atoms with van der Waals surface area (Å²) < 4.78 is 5.22. The average molecular weight is 319 g/mol. The SMILES string of the molecule is COc1ccc(Cl)c(NC2=NCC(c3ccccc3)S2)c1. The van der Waals surface area contributed by atoms with Gasteiger partial charge in [-0.2, -0.15) is 0 Å². The van der Waals surface area contributed by atoms with Crippen LogP contribution in [0, 0.1) is 0 Å². The Balaban J connectivity index is 1.70. The fourth-order valence-corrected chi connectivity index (χ4v) is 3.32. The minimum absolute atomic E-state index is 0.359. The lowest BCUT2D eigenvalue weighted by molar-refractivity contribution is 0.415. The van der Waals surface area contributed by atoms with Crippen molar-refractivity contribution < 1.29 is 4.74 Å². The quantitative estimate of drug-likeness (QED) is 0.897. The maximum absolute atomic E-state index is 6.20. The number of thioether (sulfide) groups is 1. The van der Waals surface area contributed by atoms with Crippen LogP contribution in [0.25, 0.3) is 0 Å². The Morgan fingerprint density at radius 3 is 2.81 bits per heavy atom. The maximum atomic E-state index is 6.20. The molecule has 0 amide bonds. The van der Waals surface area contributed by atoms with E-state index in [1.165, 1.54) is 5.56 Å². The predicted octanol–water partition coefficient (Wildman–Crippen LogP) is 4.60. The van der Waals surface area contributed by atoms with Gasteiger partial charge in [0.05, 0.1) is 29.6 Å². The molecule has 0 bridgehead atoms. The van der Waals surface area contributed by atoms with Gasteiger partial charge in [0, 0.05) is 6.07 Å². The molecule has 0 saturated carbocycles. The van der Waals surface area contributed by atoms with E-state index >= 15 is 0 Å². The summed E-state index contributed by atoms with van der Waals surface area (Å²) in [7, 11) is 1.64. The van der Waals surface area contributed by atoms with E-state index in [9.17, 15) is 0 Å². The molecule has 0 fully saturated rings. The number of hydrogen-bond acceptors (Lipinski definition) is 4. The lowest BCUT2D eigenvalue weighted by Crippen LogP contribution is -2.06. The highest BCUT2D eigenvalue weighted by Gasteiger charge is 2.21. The molecule has 0 radical (unpaired) electrons. The van der Waals surface area contributed by atoms with Gasteiger partial charge in [-0.15, -0.1) is 0 Å². The van der Waals surface area contributed by atoms with Crippen molar-refractivity contribution in [3.8, 4) is 5.75 Å². The van der Waals surface area contributed by atoms with Crippen LogP contribution in [0.4, 0.5) is 5.69 Å². The number of ether oxygens (including phenoxy) is 1. The molecule has 2 aromatic carbocycles. The van der Waals surface area contributed by atoms with Gasteiger partial charge in [-0.3, -0.25) is 4.99 Å². The Kier molecular flexibility index (Phi) is 4.36. The van der Waals surface area contributed by atoms with Crippen molar-refractivity contribution in [2.45, 2.75) is 5.25 Å². The summed E-state index contributed by atoms with van der Waals surface area (Å²) in [6.07, 6.45) is 0. The number of nitrogens with one attached hydrogen (secondary N) is 1. The summed E-state index contributed by atoms with van der Waals surface area (Å²) in [5.74, 6) is 0.769. The third-order valence-corrected chi connectivity index (χ3v) is 4.73. The molecule has 2 aromatic rings. The Labute approximate surface area is 133 Å². The summed E-state index contributed by atoms with van der Waals surface area (Å²) in [4.78, 5) is 4.55. The minimum Gasteiger partial charge on any atom is -0.497 e. The van der Waals surface area contributed by atoms with Gasteiger partial charge in [0.25, 0.3) is 0 Å². The monoisotopic (exact) mass is 318 g/mol. The molecular formula is C16H15ClN2OS. The smallest absolute Gasteiger partial charge is 0.161 e. The van der Waals surface area contributed by atoms with Crippen molar-refractivity contribution in [3.63, 3.8) is 0 Å². The number of nitrogens with zero attached hydrogens (tertiary/aromatic N) is 1. The summed E-state index contributed by atoms with van der Waals surface area (Å²) in [5.41, 5.74) is 2.11. The van der Waals surface area contributed by atoms with E-state index in [0.29, 0.717) is 10.3 Å². The fourth-order valence-electron chi connectivity index (χ4n) is 2.13. The van der Waals surface area contributed by atoms with E-state index in [4.69, 9.17) is 16.3 Å². The number of amidine groups is 1. The molecule has 1 aliphatic rings. The summed E-state index contributed by atoms with van der Waals surface area (Å²) in [6.45, 7) is 0.776. The number of halogens is 1. The molecule has 21 heavy (non-hydrogen) atoms. The lowest BCUT2D eigenvalue weighted by Gasteiger charge is -2.11. The van der Waals surface area contributed by atoms with Crippen LogP contribution in [0.15, 0.2) is 53.5 Å². The average Bonchev–Trinajstić information content (AvgIpc) is 2.99. The third kappa shape index (κ3) is 3.34. The Morgan fingerprint density at radius 2 is 2.05 bits per heavy atom. The third-order valence-electron chi connectivity index (χ3n) is 3.24. The molecule has 3 nitrogen and oxygen atoms in total. The van der Waals surface area contributed by atoms with E-state index < -0.39 is 0 Å². The van der Waals surface area contributed by atoms with Gasteiger partial charge in [0.1, 0.15) is 5.75 Å². The number of hydrogen-bond donors (Lipinski definition) is 1. The van der Waals surface area contributed by atoms with Crippen LogP contribution >= 0.6 is 23.4 Å². The van der Waals surface area contributed by atoms with Crippen LogP contribution < -0.4 is 10.1 Å². The molecule has 108 valence electrons. The van der Waals surface area contributed by atoms with Crippen LogP contribution in [0.2, 0.25) is 5.02 Å². The Bertz CT molecular complexity index is 661. The zero-order valence-electron chi connectivity index (χ0n) is 11.5. The second-order valence-corrected chi connectivity index (χ2v) is 6.23.